The van der Waals surface area contributed by atoms with Gasteiger partial charge in [0.15, 0.2) is 0 Å². The Morgan fingerprint density at radius 1 is 1.21 bits per heavy atom. The number of rotatable bonds is 7. The maximum atomic E-state index is 12.7. The molecular weight excluding hydrogens is 314 g/mol. The van der Waals surface area contributed by atoms with Crippen LogP contribution in [-0.4, -0.2) is 28.4 Å². The first kappa shape index (κ1) is 16.9. The number of benzene rings is 2. The lowest BCUT2D eigenvalue weighted by Gasteiger charge is -2.11. The highest BCUT2D eigenvalue weighted by atomic mass is 16.6. The Morgan fingerprint density at radius 3 is 2.42 bits per heavy atom. The van der Waals surface area contributed by atoms with Crippen molar-refractivity contribution in [3.8, 4) is 5.75 Å². The maximum Gasteiger partial charge on any atom is 0.336 e. The fraction of sp³-hybridized carbons (Fsp3) is 0.0588. The molecule has 7 heteroatoms. The highest BCUT2D eigenvalue weighted by Crippen LogP contribution is 2.33. The summed E-state index contributed by atoms with van der Waals surface area (Å²) >= 11 is 0. The van der Waals surface area contributed by atoms with Crippen LogP contribution in [0.15, 0.2) is 55.1 Å². The Kier molecular flexibility index (Phi) is 5.06. The number of carbonyl (C=O) groups is 2. The topological polar surface area (TPSA) is 107 Å². The van der Waals surface area contributed by atoms with Gasteiger partial charge in [0.2, 0.25) is 5.78 Å². The van der Waals surface area contributed by atoms with Gasteiger partial charge in [-0.25, -0.2) is 4.79 Å². The van der Waals surface area contributed by atoms with Crippen molar-refractivity contribution in [2.45, 2.75) is 0 Å². The summed E-state index contributed by atoms with van der Waals surface area (Å²) in [5.74, 6) is -2.16. The van der Waals surface area contributed by atoms with Crippen LogP contribution in [0.1, 0.15) is 26.3 Å². The summed E-state index contributed by atoms with van der Waals surface area (Å²) in [6.45, 7) is 3.43. The van der Waals surface area contributed by atoms with E-state index in [2.05, 4.69) is 6.58 Å². The summed E-state index contributed by atoms with van der Waals surface area (Å²) in [7, 11) is 0. The van der Waals surface area contributed by atoms with Crippen molar-refractivity contribution < 1.29 is 24.4 Å². The Morgan fingerprint density at radius 2 is 1.88 bits per heavy atom. The lowest BCUT2D eigenvalue weighted by atomic mass is 9.98. The zero-order valence-electron chi connectivity index (χ0n) is 12.5. The van der Waals surface area contributed by atoms with Crippen LogP contribution in [0.2, 0.25) is 0 Å². The molecule has 24 heavy (non-hydrogen) atoms. The minimum atomic E-state index is -1.36. The van der Waals surface area contributed by atoms with Crippen molar-refractivity contribution in [2.24, 2.45) is 0 Å². The van der Waals surface area contributed by atoms with Crippen LogP contribution in [0.3, 0.4) is 0 Å². The molecule has 0 amide bonds. The monoisotopic (exact) mass is 327 g/mol. The first-order chi connectivity index (χ1) is 11.5. The number of nitro groups is 1. The van der Waals surface area contributed by atoms with E-state index in [1.165, 1.54) is 18.2 Å². The molecule has 0 atom stereocenters. The zero-order valence-corrected chi connectivity index (χ0v) is 12.5. The fourth-order valence-electron chi connectivity index (χ4n) is 2.09. The van der Waals surface area contributed by atoms with E-state index in [0.717, 1.165) is 12.1 Å². The number of hydrogen-bond donors (Lipinski definition) is 1. The Hall–Kier alpha value is -3.48. The van der Waals surface area contributed by atoms with Gasteiger partial charge in [-0.05, 0) is 6.07 Å². The number of hydrogen-bond acceptors (Lipinski definition) is 5. The Balaban J connectivity index is 2.70. The van der Waals surface area contributed by atoms with Crippen molar-refractivity contribution >= 4 is 17.4 Å². The maximum absolute atomic E-state index is 12.7. The molecule has 0 saturated heterocycles. The predicted molar refractivity (Wildman–Crippen MR) is 85.6 cm³/mol. The normalized spacial score (nSPS) is 10.0. The molecule has 0 spiro atoms. The Labute approximate surface area is 137 Å². The number of ketones is 1. The van der Waals surface area contributed by atoms with Gasteiger partial charge in [0.05, 0.1) is 10.5 Å². The standard InChI is InChI=1S/C17H13NO6/c1-2-8-24-14-10-12(17(20)21)9-13(18(22)23)15(14)16(19)11-6-4-3-5-7-11/h2-7,9-10H,1,8H2,(H,20,21). The molecule has 2 rings (SSSR count). The quantitative estimate of drug-likeness (QED) is 0.362. The number of nitro benzene ring substituents is 1. The van der Waals surface area contributed by atoms with E-state index >= 15 is 0 Å². The first-order valence-corrected chi connectivity index (χ1v) is 6.85. The SMILES string of the molecule is C=CCOc1cc(C(=O)O)cc([N+](=O)[O-])c1C(=O)c1ccccc1. The molecule has 0 aliphatic rings. The van der Waals surface area contributed by atoms with Crippen LogP contribution >= 0.6 is 0 Å². The van der Waals surface area contributed by atoms with Crippen LogP contribution in [0.25, 0.3) is 0 Å². The number of aromatic carboxylic acids is 1. The largest absolute Gasteiger partial charge is 0.488 e. The van der Waals surface area contributed by atoms with Gasteiger partial charge in [-0.3, -0.25) is 14.9 Å². The molecular formula is C17H13NO6. The molecule has 2 aromatic rings. The van der Waals surface area contributed by atoms with Gasteiger partial charge in [-0.1, -0.05) is 43.0 Å². The summed E-state index contributed by atoms with van der Waals surface area (Å²) in [6.07, 6.45) is 1.38. The predicted octanol–water partition coefficient (Wildman–Crippen LogP) is 3.09. The minimum absolute atomic E-state index is 0.0324. The van der Waals surface area contributed by atoms with Gasteiger partial charge >= 0.3 is 5.97 Å². The molecule has 0 unspecified atom stereocenters. The van der Waals surface area contributed by atoms with Crippen LogP contribution in [0.4, 0.5) is 5.69 Å². The first-order valence-electron chi connectivity index (χ1n) is 6.85. The molecule has 122 valence electrons. The second-order valence-electron chi connectivity index (χ2n) is 4.73. The second-order valence-corrected chi connectivity index (χ2v) is 4.73. The molecule has 0 aliphatic carbocycles. The van der Waals surface area contributed by atoms with Crippen LogP contribution in [0, 0.1) is 10.1 Å². The van der Waals surface area contributed by atoms with Crippen molar-refractivity contribution in [1.29, 1.82) is 0 Å². The number of carboxylic acids is 1. The van der Waals surface area contributed by atoms with Gasteiger partial charge in [0.1, 0.15) is 17.9 Å². The van der Waals surface area contributed by atoms with Gasteiger partial charge < -0.3 is 9.84 Å². The van der Waals surface area contributed by atoms with Crippen molar-refractivity contribution in [3.63, 3.8) is 0 Å². The fourth-order valence-corrected chi connectivity index (χ4v) is 2.09. The van der Waals surface area contributed by atoms with Gasteiger partial charge in [-0.15, -0.1) is 0 Å². The van der Waals surface area contributed by atoms with Crippen LogP contribution < -0.4 is 4.74 Å². The second kappa shape index (κ2) is 7.19. The van der Waals surface area contributed by atoms with Crippen LogP contribution in [-0.2, 0) is 0 Å². The molecule has 7 nitrogen and oxygen atoms in total. The van der Waals surface area contributed by atoms with Crippen molar-refractivity contribution in [3.05, 3.63) is 81.9 Å². The van der Waals surface area contributed by atoms with Gasteiger partial charge in [0.25, 0.3) is 5.69 Å². The van der Waals surface area contributed by atoms with E-state index in [9.17, 15) is 19.7 Å². The smallest absolute Gasteiger partial charge is 0.336 e. The van der Waals surface area contributed by atoms with E-state index in [1.807, 2.05) is 0 Å². The summed E-state index contributed by atoms with van der Waals surface area (Å²) in [5.41, 5.74) is -1.03. The van der Waals surface area contributed by atoms with Gasteiger partial charge in [-0.2, -0.15) is 0 Å². The van der Waals surface area contributed by atoms with E-state index < -0.39 is 22.4 Å². The van der Waals surface area contributed by atoms with Crippen molar-refractivity contribution in [2.75, 3.05) is 6.61 Å². The molecule has 0 radical (unpaired) electrons. The summed E-state index contributed by atoms with van der Waals surface area (Å²) in [6, 6.07) is 9.90. The van der Waals surface area contributed by atoms with E-state index in [0.29, 0.717) is 0 Å². The number of carboxylic acid groups (broad SMARTS) is 1. The number of carbonyl (C=O) groups excluding carboxylic acids is 1. The lowest BCUT2D eigenvalue weighted by molar-refractivity contribution is -0.385. The third-order valence-electron chi connectivity index (χ3n) is 3.14. The zero-order chi connectivity index (χ0) is 17.7. The third kappa shape index (κ3) is 3.46. The van der Waals surface area contributed by atoms with E-state index in [4.69, 9.17) is 9.84 Å². The van der Waals surface area contributed by atoms with E-state index in [-0.39, 0.29) is 29.0 Å². The highest BCUT2D eigenvalue weighted by molar-refractivity contribution is 6.14. The molecule has 0 saturated carbocycles. The Bertz CT molecular complexity index is 813. The van der Waals surface area contributed by atoms with Crippen molar-refractivity contribution in [1.82, 2.24) is 0 Å². The summed E-state index contributed by atoms with van der Waals surface area (Å²) < 4.78 is 5.30. The summed E-state index contributed by atoms with van der Waals surface area (Å²) in [5, 5.41) is 20.4. The molecule has 0 bridgehead atoms. The molecule has 0 aliphatic heterocycles. The molecule has 0 aromatic heterocycles. The summed E-state index contributed by atoms with van der Waals surface area (Å²) in [4.78, 5) is 34.4. The van der Waals surface area contributed by atoms with E-state index in [1.54, 1.807) is 18.2 Å². The van der Waals surface area contributed by atoms with Crippen LogP contribution in [0.5, 0.6) is 5.75 Å². The molecule has 0 fully saturated rings. The number of ether oxygens (including phenoxy) is 1. The molecule has 2 aromatic carbocycles. The molecule has 0 heterocycles. The molecule has 1 N–H and O–H groups in total. The average Bonchev–Trinajstić information content (AvgIpc) is 2.59. The average molecular weight is 327 g/mol. The number of nitrogens with zero attached hydrogens (tertiary/aromatic N) is 1. The minimum Gasteiger partial charge on any atom is -0.488 e. The highest BCUT2D eigenvalue weighted by Gasteiger charge is 2.28. The third-order valence-corrected chi connectivity index (χ3v) is 3.14. The lowest BCUT2D eigenvalue weighted by Crippen LogP contribution is -2.11. The van der Waals surface area contributed by atoms with Gasteiger partial charge in [0, 0.05) is 11.6 Å².